The first-order valence-electron chi connectivity index (χ1n) is 19.1. The van der Waals surface area contributed by atoms with Crippen LogP contribution in [0.4, 0.5) is 24.7 Å². The minimum absolute atomic E-state index is 0.0543. The van der Waals surface area contributed by atoms with Gasteiger partial charge in [-0.25, -0.2) is 37.0 Å². The van der Waals surface area contributed by atoms with Crippen LogP contribution in [-0.4, -0.2) is 92.2 Å². The van der Waals surface area contributed by atoms with Crippen LogP contribution in [0.15, 0.2) is 60.8 Å². The van der Waals surface area contributed by atoms with Crippen molar-refractivity contribution < 1.29 is 40.8 Å². The van der Waals surface area contributed by atoms with Crippen LogP contribution in [0.5, 0.6) is 0 Å². The molecule has 1 aliphatic heterocycles. The third kappa shape index (κ3) is 11.2. The Morgan fingerprint density at radius 1 is 0.895 bits per heavy atom. The van der Waals surface area contributed by atoms with Crippen LogP contribution in [0.2, 0.25) is 0 Å². The minimum atomic E-state index is -3.19. The molecule has 1 aliphatic carbocycles. The van der Waals surface area contributed by atoms with Crippen LogP contribution in [0.3, 0.4) is 0 Å². The highest BCUT2D eigenvalue weighted by atomic mass is 32.2. The summed E-state index contributed by atoms with van der Waals surface area (Å²) in [6, 6.07) is 14.7. The van der Waals surface area contributed by atoms with E-state index in [1.807, 2.05) is 24.3 Å². The van der Waals surface area contributed by atoms with Crippen molar-refractivity contribution in [3.8, 4) is 0 Å². The highest BCUT2D eigenvalue weighted by Crippen LogP contribution is 2.27. The van der Waals surface area contributed by atoms with Gasteiger partial charge in [0.15, 0.2) is 17.4 Å². The van der Waals surface area contributed by atoms with Crippen molar-refractivity contribution in [1.82, 2.24) is 19.8 Å². The van der Waals surface area contributed by atoms with Crippen LogP contribution in [-0.2, 0) is 32.4 Å². The maximum Gasteiger partial charge on any atom is 0.275 e. The molecular formula is C41H47F3N6O6S. The van der Waals surface area contributed by atoms with Gasteiger partial charge in [-0.3, -0.25) is 14.4 Å². The molecule has 0 atom stereocenters. The van der Waals surface area contributed by atoms with E-state index < -0.39 is 33.4 Å². The van der Waals surface area contributed by atoms with E-state index >= 15 is 0 Å². The van der Waals surface area contributed by atoms with Gasteiger partial charge in [0, 0.05) is 81.1 Å². The number of piperazine rings is 1. The molecule has 0 unspecified atom stereocenters. The summed E-state index contributed by atoms with van der Waals surface area (Å²) in [7, 11) is -3.19. The smallest absolute Gasteiger partial charge is 0.275 e. The minimum Gasteiger partial charge on any atom is -0.379 e. The lowest BCUT2D eigenvalue weighted by atomic mass is 9.97. The maximum absolute atomic E-state index is 14.7. The summed E-state index contributed by atoms with van der Waals surface area (Å²) in [4.78, 5) is 42.6. The number of sulfonamides is 1. The lowest BCUT2D eigenvalue weighted by Crippen LogP contribution is -2.49. The summed E-state index contributed by atoms with van der Waals surface area (Å²) in [6.07, 6.45) is 4.32. The number of halogens is 3. The lowest BCUT2D eigenvalue weighted by Gasteiger charge is -2.35. The predicted octanol–water partition coefficient (Wildman–Crippen LogP) is 5.77. The molecule has 0 bridgehead atoms. The molecule has 0 radical (unpaired) electrons. The van der Waals surface area contributed by atoms with Gasteiger partial charge in [-0.15, -0.1) is 0 Å². The van der Waals surface area contributed by atoms with E-state index in [0.29, 0.717) is 61.8 Å². The monoisotopic (exact) mass is 808 g/mol. The Kier molecular flexibility index (Phi) is 13.9. The van der Waals surface area contributed by atoms with Crippen LogP contribution >= 0.6 is 0 Å². The van der Waals surface area contributed by atoms with Gasteiger partial charge < -0.3 is 15.0 Å². The number of rotatable bonds is 19. The second kappa shape index (κ2) is 19.0. The van der Waals surface area contributed by atoms with E-state index in [9.17, 15) is 31.2 Å². The first-order valence-corrected chi connectivity index (χ1v) is 20.7. The number of amides is 1. The number of nitrogens with one attached hydrogen (secondary N) is 2. The van der Waals surface area contributed by atoms with Crippen LogP contribution < -0.4 is 15.7 Å². The molecule has 0 spiro atoms. The number of benzene rings is 3. The van der Waals surface area contributed by atoms with E-state index in [1.54, 1.807) is 30.4 Å². The van der Waals surface area contributed by atoms with Crippen molar-refractivity contribution in [2.45, 2.75) is 58.4 Å². The van der Waals surface area contributed by atoms with Crippen molar-refractivity contribution in [3.05, 3.63) is 117 Å². The first-order chi connectivity index (χ1) is 27.4. The number of ether oxygens (including phenoxy) is 1. The summed E-state index contributed by atoms with van der Waals surface area (Å²) in [6.45, 7) is 5.81. The fourth-order valence-electron chi connectivity index (χ4n) is 6.46. The maximum atomic E-state index is 14.7. The zero-order valence-electron chi connectivity index (χ0n) is 32.0. The molecule has 12 nitrogen and oxygen atoms in total. The Bertz CT molecular complexity index is 2160. The zero-order chi connectivity index (χ0) is 40.5. The van der Waals surface area contributed by atoms with Crippen molar-refractivity contribution in [2.75, 3.05) is 62.0 Å². The van der Waals surface area contributed by atoms with Crippen LogP contribution in [0, 0.1) is 24.4 Å². The van der Waals surface area contributed by atoms with Gasteiger partial charge in [0.2, 0.25) is 10.0 Å². The molecule has 304 valence electrons. The summed E-state index contributed by atoms with van der Waals surface area (Å²) in [5.41, 5.74) is 4.94. The molecule has 1 saturated carbocycles. The van der Waals surface area contributed by atoms with Crippen molar-refractivity contribution in [1.29, 1.82) is 0 Å². The lowest BCUT2D eigenvalue weighted by molar-refractivity contribution is -0.00103. The quantitative estimate of drug-likeness (QED) is 0.0681. The summed E-state index contributed by atoms with van der Waals surface area (Å²) < 4.78 is 74.8. The molecule has 3 aromatic carbocycles. The molecule has 1 saturated heterocycles. The van der Waals surface area contributed by atoms with Gasteiger partial charge in [0.05, 0.1) is 24.5 Å². The number of Topliss-reactive ketones (excluding diaryl/α,β-unsaturated/α-hetero) is 1. The highest BCUT2D eigenvalue weighted by molar-refractivity contribution is 7.89. The Morgan fingerprint density at radius 3 is 2.35 bits per heavy atom. The van der Waals surface area contributed by atoms with E-state index in [4.69, 9.17) is 14.6 Å². The Labute approximate surface area is 330 Å². The second-order valence-electron chi connectivity index (χ2n) is 14.2. The fraction of sp³-hybridized carbons (Fsp3) is 0.415. The molecule has 2 N–H and O–H groups in total. The number of aromatic nitrogens is 2. The molecule has 4 aromatic rings. The summed E-state index contributed by atoms with van der Waals surface area (Å²) in [5.74, 6) is -2.73. The fourth-order valence-corrected chi connectivity index (χ4v) is 7.55. The van der Waals surface area contributed by atoms with E-state index in [2.05, 4.69) is 20.7 Å². The van der Waals surface area contributed by atoms with Crippen LogP contribution in [0.1, 0.15) is 81.4 Å². The SMILES string of the molecule is CCS(=O)(=O)N1CCN(c2ccc(Cc3ncc(C(=O)CCCOCCONC(=O)c4ccc(F)c(F)c4Cc4ccc(C)cc4F)c(NC4CC4)n3)cc2)CC1. The highest BCUT2D eigenvalue weighted by Gasteiger charge is 2.27. The zero-order valence-corrected chi connectivity index (χ0v) is 32.8. The third-order valence-corrected chi connectivity index (χ3v) is 11.8. The number of hydrogen-bond donors (Lipinski definition) is 2. The van der Waals surface area contributed by atoms with Gasteiger partial charge in [-0.1, -0.05) is 24.3 Å². The molecule has 16 heteroatoms. The summed E-state index contributed by atoms with van der Waals surface area (Å²) in [5, 5.41) is 3.37. The van der Waals surface area contributed by atoms with E-state index in [1.165, 1.54) is 12.1 Å². The average Bonchev–Trinajstić information content (AvgIpc) is 4.03. The topological polar surface area (TPSA) is 143 Å². The number of carbonyl (C=O) groups excluding carboxylic acids is 2. The third-order valence-electron chi connectivity index (χ3n) is 9.92. The number of anilines is 2. The average molecular weight is 809 g/mol. The molecule has 2 aliphatic rings. The number of hydrogen-bond acceptors (Lipinski definition) is 10. The van der Waals surface area contributed by atoms with Gasteiger partial charge in [0.25, 0.3) is 5.91 Å². The predicted molar refractivity (Wildman–Crippen MR) is 209 cm³/mol. The van der Waals surface area contributed by atoms with Crippen molar-refractivity contribution in [3.63, 3.8) is 0 Å². The largest absolute Gasteiger partial charge is 0.379 e. The van der Waals surface area contributed by atoms with Crippen molar-refractivity contribution in [2.24, 2.45) is 0 Å². The summed E-state index contributed by atoms with van der Waals surface area (Å²) >= 11 is 0. The molecule has 2 heterocycles. The van der Waals surface area contributed by atoms with E-state index in [-0.39, 0.29) is 66.9 Å². The number of carbonyl (C=O) groups is 2. The van der Waals surface area contributed by atoms with Crippen molar-refractivity contribution >= 4 is 33.2 Å². The molecule has 57 heavy (non-hydrogen) atoms. The molecule has 6 rings (SSSR count). The first kappa shape index (κ1) is 41.7. The number of hydroxylamine groups is 1. The molecule has 1 amide bonds. The Balaban J connectivity index is 0.936. The normalized spacial score (nSPS) is 14.8. The number of aryl methyl sites for hydroxylation is 1. The Hall–Kier alpha value is -4.90. The molecular weight excluding hydrogens is 762 g/mol. The Morgan fingerprint density at radius 2 is 1.65 bits per heavy atom. The molecule has 1 aromatic heterocycles. The van der Waals surface area contributed by atoms with E-state index in [0.717, 1.165) is 36.2 Å². The van der Waals surface area contributed by atoms with Gasteiger partial charge >= 0.3 is 0 Å². The molecule has 2 fully saturated rings. The number of nitrogens with zero attached hydrogens (tertiary/aromatic N) is 4. The van der Waals surface area contributed by atoms with Gasteiger partial charge in [0.1, 0.15) is 17.5 Å². The second-order valence-corrected chi connectivity index (χ2v) is 16.4. The van der Waals surface area contributed by atoms with Gasteiger partial charge in [-0.2, -0.15) is 4.31 Å². The van der Waals surface area contributed by atoms with Crippen LogP contribution in [0.25, 0.3) is 0 Å². The number of ketones is 1. The standard InChI is InChI=1S/C41H47F3N6O6S/c1-3-57(53,54)50-18-16-49(17-19-50)31-12-7-28(8-13-31)24-38-45-26-34(40(47-38)46-30-10-11-30)37(51)5-4-20-55-21-22-56-48-41(52)32-14-15-35(42)39(44)33(32)25-29-9-6-27(2)23-36(29)43/h6-9,12-15,23,26,30H,3-5,10-11,16-22,24-25H2,1-2H3,(H,48,52)(H,45,46,47). The van der Waals surface area contributed by atoms with Gasteiger partial charge in [-0.05, 0) is 80.1 Å².